The number of nitriles is 1. The van der Waals surface area contributed by atoms with E-state index < -0.39 is 6.10 Å². The largest absolute Gasteiger partial charge is 0.457 e. The van der Waals surface area contributed by atoms with Gasteiger partial charge in [-0.15, -0.1) is 0 Å². The van der Waals surface area contributed by atoms with Gasteiger partial charge in [-0.1, -0.05) is 32.0 Å². The zero-order chi connectivity index (χ0) is 15.4. The normalized spacial score (nSPS) is 12.0. The van der Waals surface area contributed by atoms with Crippen molar-refractivity contribution in [1.82, 2.24) is 0 Å². The van der Waals surface area contributed by atoms with Crippen LogP contribution in [0, 0.1) is 11.3 Å². The maximum Gasteiger partial charge on any atom is 0.134 e. The topological polar surface area (TPSA) is 53.2 Å². The number of nitrogens with zero attached hydrogens (tertiary/aromatic N) is 1. The molecule has 2 rings (SSSR count). The van der Waals surface area contributed by atoms with Crippen molar-refractivity contribution in [1.29, 1.82) is 5.26 Å². The Balaban J connectivity index is 2.38. The summed E-state index contributed by atoms with van der Waals surface area (Å²) in [7, 11) is 0. The number of hydrogen-bond donors (Lipinski definition) is 1. The molecule has 1 N–H and O–H groups in total. The van der Waals surface area contributed by atoms with Gasteiger partial charge in [0.1, 0.15) is 11.5 Å². The smallest absolute Gasteiger partial charge is 0.134 e. The van der Waals surface area contributed by atoms with Crippen molar-refractivity contribution in [2.24, 2.45) is 0 Å². The van der Waals surface area contributed by atoms with E-state index in [1.165, 1.54) is 5.56 Å². The van der Waals surface area contributed by atoms with E-state index in [1.807, 2.05) is 18.2 Å². The molecule has 108 valence electrons. The van der Waals surface area contributed by atoms with Crippen LogP contribution in [0.3, 0.4) is 0 Å². The quantitative estimate of drug-likeness (QED) is 0.896. The molecule has 0 fully saturated rings. The third-order valence-corrected chi connectivity index (χ3v) is 3.35. The summed E-state index contributed by atoms with van der Waals surface area (Å²) in [6.07, 6.45) is -0.652. The summed E-state index contributed by atoms with van der Waals surface area (Å²) in [6.45, 7) is 5.92. The lowest BCUT2D eigenvalue weighted by atomic mass is 10.0. The van der Waals surface area contributed by atoms with E-state index in [9.17, 15) is 5.11 Å². The van der Waals surface area contributed by atoms with Crippen LogP contribution < -0.4 is 4.74 Å². The fourth-order valence-corrected chi connectivity index (χ4v) is 2.10. The van der Waals surface area contributed by atoms with E-state index in [2.05, 4.69) is 26.0 Å². The number of ether oxygens (including phenoxy) is 1. The highest BCUT2D eigenvalue weighted by Crippen LogP contribution is 2.31. The molecule has 0 aliphatic rings. The average Bonchev–Trinajstić information content (AvgIpc) is 2.47. The fraction of sp³-hybridized carbons (Fsp3) is 0.278. The van der Waals surface area contributed by atoms with Crippen LogP contribution in [0.15, 0.2) is 42.5 Å². The molecule has 0 spiro atoms. The molecule has 0 heterocycles. The van der Waals surface area contributed by atoms with Crippen molar-refractivity contribution in [2.45, 2.75) is 32.8 Å². The second-order valence-electron chi connectivity index (χ2n) is 5.37. The Morgan fingerprint density at radius 1 is 1.10 bits per heavy atom. The van der Waals surface area contributed by atoms with Crippen LogP contribution in [0.25, 0.3) is 0 Å². The van der Waals surface area contributed by atoms with Crippen LogP contribution in [-0.2, 0) is 0 Å². The first-order chi connectivity index (χ1) is 10.0. The van der Waals surface area contributed by atoms with Gasteiger partial charge >= 0.3 is 0 Å². The zero-order valence-corrected chi connectivity index (χ0v) is 12.5. The molecule has 2 aromatic rings. The minimum absolute atomic E-state index is 0.412. The van der Waals surface area contributed by atoms with Crippen molar-refractivity contribution in [3.8, 4) is 17.6 Å². The highest BCUT2D eigenvalue weighted by molar-refractivity contribution is 5.46. The number of aliphatic hydroxyl groups is 1. The van der Waals surface area contributed by atoms with Crippen LogP contribution in [0.4, 0.5) is 0 Å². The predicted molar refractivity (Wildman–Crippen MR) is 82.4 cm³/mol. The van der Waals surface area contributed by atoms with Gasteiger partial charge in [0.05, 0.1) is 17.7 Å². The Morgan fingerprint density at radius 3 is 2.48 bits per heavy atom. The molecule has 0 amide bonds. The van der Waals surface area contributed by atoms with Gasteiger partial charge < -0.3 is 9.84 Å². The van der Waals surface area contributed by atoms with Crippen molar-refractivity contribution in [3.05, 3.63) is 59.2 Å². The third kappa shape index (κ3) is 3.62. The lowest BCUT2D eigenvalue weighted by Crippen LogP contribution is -1.97. The Bertz CT molecular complexity index is 669. The number of hydrogen-bond acceptors (Lipinski definition) is 3. The fourth-order valence-electron chi connectivity index (χ4n) is 2.10. The maximum atomic E-state index is 9.83. The van der Waals surface area contributed by atoms with Crippen molar-refractivity contribution < 1.29 is 9.84 Å². The molecule has 0 radical (unpaired) electrons. The number of benzene rings is 2. The van der Waals surface area contributed by atoms with Crippen LogP contribution >= 0.6 is 0 Å². The van der Waals surface area contributed by atoms with E-state index in [4.69, 9.17) is 10.00 Å². The third-order valence-electron chi connectivity index (χ3n) is 3.35. The van der Waals surface area contributed by atoms with Crippen LogP contribution in [0.2, 0.25) is 0 Å². The Hall–Kier alpha value is -2.31. The molecule has 3 nitrogen and oxygen atoms in total. The molecule has 21 heavy (non-hydrogen) atoms. The first-order valence-electron chi connectivity index (χ1n) is 7.01. The molecule has 0 saturated carbocycles. The summed E-state index contributed by atoms with van der Waals surface area (Å²) in [5.74, 6) is 1.64. The Kier molecular flexibility index (Phi) is 4.62. The molecule has 0 bridgehead atoms. The highest BCUT2D eigenvalue weighted by atomic mass is 16.5. The van der Waals surface area contributed by atoms with E-state index in [0.29, 0.717) is 28.5 Å². The molecule has 1 atom stereocenters. The lowest BCUT2D eigenvalue weighted by Gasteiger charge is -2.14. The molecule has 3 heteroatoms. The van der Waals surface area contributed by atoms with Gasteiger partial charge in [0, 0.05) is 5.56 Å². The summed E-state index contributed by atoms with van der Waals surface area (Å²) in [5.41, 5.74) is 2.36. The number of aliphatic hydroxyl groups excluding tert-OH is 1. The van der Waals surface area contributed by atoms with E-state index in [0.717, 1.165) is 0 Å². The van der Waals surface area contributed by atoms with Crippen molar-refractivity contribution in [3.63, 3.8) is 0 Å². The minimum Gasteiger partial charge on any atom is -0.457 e. The van der Waals surface area contributed by atoms with Gasteiger partial charge in [0.2, 0.25) is 0 Å². The molecule has 0 aromatic heterocycles. The van der Waals surface area contributed by atoms with Gasteiger partial charge in [0.25, 0.3) is 0 Å². The SMILES string of the molecule is CC(C)c1cccc(Oc2cc(C#N)ccc2[C@H](C)O)c1. The van der Waals surface area contributed by atoms with E-state index >= 15 is 0 Å². The van der Waals surface area contributed by atoms with Gasteiger partial charge in [0.15, 0.2) is 0 Å². The molecular formula is C18H19NO2. The summed E-state index contributed by atoms with van der Waals surface area (Å²) >= 11 is 0. The standard InChI is InChI=1S/C18H19NO2/c1-12(2)15-5-4-6-16(10-15)21-18-9-14(11-19)7-8-17(18)13(3)20/h4-10,12-13,20H,1-3H3/t13-/m0/s1. The second-order valence-corrected chi connectivity index (χ2v) is 5.37. The Labute approximate surface area is 125 Å². The maximum absolute atomic E-state index is 9.83. The van der Waals surface area contributed by atoms with Crippen LogP contribution in [-0.4, -0.2) is 5.11 Å². The molecule has 0 saturated heterocycles. The van der Waals surface area contributed by atoms with Crippen molar-refractivity contribution in [2.75, 3.05) is 0 Å². The first kappa shape index (κ1) is 15.1. The van der Waals surface area contributed by atoms with Gasteiger partial charge in [-0.25, -0.2) is 0 Å². The van der Waals surface area contributed by atoms with Crippen molar-refractivity contribution >= 4 is 0 Å². The molecule has 2 aromatic carbocycles. The summed E-state index contributed by atoms with van der Waals surface area (Å²) in [6, 6.07) is 15.0. The summed E-state index contributed by atoms with van der Waals surface area (Å²) in [5, 5.41) is 18.8. The van der Waals surface area contributed by atoms with Gasteiger partial charge in [-0.3, -0.25) is 0 Å². The van der Waals surface area contributed by atoms with E-state index in [1.54, 1.807) is 25.1 Å². The molecular weight excluding hydrogens is 262 g/mol. The molecule has 0 aliphatic carbocycles. The number of rotatable bonds is 4. The van der Waals surface area contributed by atoms with E-state index in [-0.39, 0.29) is 0 Å². The first-order valence-corrected chi connectivity index (χ1v) is 7.01. The predicted octanol–water partition coefficient (Wildman–Crippen LogP) is 4.53. The highest BCUT2D eigenvalue weighted by Gasteiger charge is 2.12. The van der Waals surface area contributed by atoms with Crippen LogP contribution in [0.1, 0.15) is 49.5 Å². The van der Waals surface area contributed by atoms with Gasteiger partial charge in [-0.2, -0.15) is 5.26 Å². The molecule has 0 unspecified atom stereocenters. The average molecular weight is 281 g/mol. The summed E-state index contributed by atoms with van der Waals surface area (Å²) < 4.78 is 5.89. The second kappa shape index (κ2) is 6.43. The molecule has 0 aliphatic heterocycles. The Morgan fingerprint density at radius 2 is 1.86 bits per heavy atom. The monoisotopic (exact) mass is 281 g/mol. The minimum atomic E-state index is -0.652. The summed E-state index contributed by atoms with van der Waals surface area (Å²) in [4.78, 5) is 0. The van der Waals surface area contributed by atoms with Gasteiger partial charge in [-0.05, 0) is 42.7 Å². The zero-order valence-electron chi connectivity index (χ0n) is 12.5. The lowest BCUT2D eigenvalue weighted by molar-refractivity contribution is 0.195. The van der Waals surface area contributed by atoms with Crippen LogP contribution in [0.5, 0.6) is 11.5 Å².